The number of piperazine rings is 1. The van der Waals surface area contributed by atoms with Gasteiger partial charge >= 0.3 is 11.9 Å². The molecule has 1 saturated heterocycles. The van der Waals surface area contributed by atoms with Gasteiger partial charge < -0.3 is 15.5 Å². The number of nitro groups is 1. The number of nitrogens with zero attached hydrogens (tertiary/aromatic N) is 2. The fourth-order valence-electron chi connectivity index (χ4n) is 2.81. The van der Waals surface area contributed by atoms with E-state index < -0.39 is 40.7 Å². The van der Waals surface area contributed by atoms with E-state index in [9.17, 15) is 33.5 Å². The average molecular weight is 422 g/mol. The highest BCUT2D eigenvalue weighted by atomic mass is 35.5. The van der Waals surface area contributed by atoms with Crippen LogP contribution in [-0.4, -0.2) is 52.4 Å². The van der Waals surface area contributed by atoms with Crippen molar-refractivity contribution in [3.05, 3.63) is 27.8 Å². The number of phenolic OH excluding ortho intramolecular Hbond substituents is 2. The van der Waals surface area contributed by atoms with Crippen molar-refractivity contribution >= 4 is 30.5 Å². The van der Waals surface area contributed by atoms with E-state index in [1.807, 2.05) is 0 Å². The summed E-state index contributed by atoms with van der Waals surface area (Å²) in [6.45, 7) is 2.15. The van der Waals surface area contributed by atoms with Crippen molar-refractivity contribution in [2.75, 3.05) is 26.2 Å². The van der Waals surface area contributed by atoms with Crippen molar-refractivity contribution in [2.45, 2.75) is 25.1 Å². The van der Waals surface area contributed by atoms with Gasteiger partial charge in [-0.1, -0.05) is 0 Å². The summed E-state index contributed by atoms with van der Waals surface area (Å²) in [7, 11) is 0. The fourth-order valence-corrected chi connectivity index (χ4v) is 2.81. The Morgan fingerprint density at radius 2 is 1.81 bits per heavy atom. The highest BCUT2D eigenvalue weighted by molar-refractivity contribution is 5.85. The first-order valence-corrected chi connectivity index (χ1v) is 7.41. The summed E-state index contributed by atoms with van der Waals surface area (Å²) in [6, 6.07) is 1.38. The smallest absolute Gasteiger partial charge is 0.389 e. The minimum atomic E-state index is -4.35. The summed E-state index contributed by atoms with van der Waals surface area (Å²) in [4.78, 5) is 11.9. The molecular weight excluding hydrogens is 402 g/mol. The molecule has 0 bridgehead atoms. The zero-order chi connectivity index (χ0) is 17.9. The first kappa shape index (κ1) is 24.5. The molecule has 1 aliphatic heterocycles. The van der Waals surface area contributed by atoms with Crippen LogP contribution in [0.25, 0.3) is 0 Å². The summed E-state index contributed by atoms with van der Waals surface area (Å²) >= 11 is 0. The minimum Gasteiger partial charge on any atom is -0.504 e. The number of hydrogen-bond donors (Lipinski definition) is 3. The Morgan fingerprint density at radius 1 is 1.23 bits per heavy atom. The van der Waals surface area contributed by atoms with Crippen LogP contribution in [0.5, 0.6) is 11.5 Å². The fraction of sp³-hybridized carbons (Fsp3) is 0.571. The van der Waals surface area contributed by atoms with Gasteiger partial charge in [-0.15, -0.1) is 24.8 Å². The van der Waals surface area contributed by atoms with E-state index in [4.69, 9.17) is 0 Å². The number of nitro benzene ring substituents is 1. The first-order valence-electron chi connectivity index (χ1n) is 7.41. The van der Waals surface area contributed by atoms with Gasteiger partial charge in [-0.05, 0) is 18.1 Å². The monoisotopic (exact) mass is 421 g/mol. The lowest BCUT2D eigenvalue weighted by Gasteiger charge is -2.35. The highest BCUT2D eigenvalue weighted by Gasteiger charge is 2.32. The molecule has 3 N–H and O–H groups in total. The topological polar surface area (TPSA) is 98.9 Å². The van der Waals surface area contributed by atoms with Crippen LogP contribution in [0, 0.1) is 10.1 Å². The van der Waals surface area contributed by atoms with Crippen LogP contribution >= 0.6 is 24.8 Å². The molecule has 1 atom stereocenters. The van der Waals surface area contributed by atoms with E-state index in [2.05, 4.69) is 5.32 Å². The Kier molecular flexibility index (Phi) is 9.43. The third kappa shape index (κ3) is 6.35. The molecule has 1 heterocycles. The number of hydrogen-bond acceptors (Lipinski definition) is 6. The Morgan fingerprint density at radius 3 is 2.31 bits per heavy atom. The molecule has 7 nitrogen and oxygen atoms in total. The van der Waals surface area contributed by atoms with Crippen LogP contribution < -0.4 is 5.32 Å². The maximum atomic E-state index is 12.6. The van der Waals surface area contributed by atoms with E-state index in [0.29, 0.717) is 26.2 Å². The van der Waals surface area contributed by atoms with Crippen LogP contribution in [0.4, 0.5) is 18.9 Å². The molecular formula is C14H20Cl2F3N3O4. The zero-order valence-corrected chi connectivity index (χ0v) is 15.2. The molecule has 1 fully saturated rings. The van der Waals surface area contributed by atoms with Gasteiger partial charge in [0.15, 0.2) is 5.75 Å². The number of rotatable bonds is 5. The zero-order valence-electron chi connectivity index (χ0n) is 13.5. The van der Waals surface area contributed by atoms with Crippen molar-refractivity contribution < 1.29 is 28.3 Å². The molecule has 0 aromatic heterocycles. The van der Waals surface area contributed by atoms with Crippen molar-refractivity contribution in [1.82, 2.24) is 10.2 Å². The molecule has 150 valence electrons. The predicted octanol–water partition coefficient (Wildman–Crippen LogP) is 3.14. The maximum absolute atomic E-state index is 12.6. The van der Waals surface area contributed by atoms with E-state index in [0.717, 1.165) is 12.1 Å². The van der Waals surface area contributed by atoms with Gasteiger partial charge in [-0.25, -0.2) is 0 Å². The largest absolute Gasteiger partial charge is 0.504 e. The molecule has 1 aromatic rings. The second-order valence-electron chi connectivity index (χ2n) is 5.62. The number of halogens is 5. The van der Waals surface area contributed by atoms with Gasteiger partial charge in [-0.3, -0.25) is 15.0 Å². The number of alkyl halides is 3. The Balaban J connectivity index is 0.00000312. The molecule has 0 spiro atoms. The van der Waals surface area contributed by atoms with E-state index in [-0.39, 0.29) is 36.8 Å². The molecule has 2 rings (SSSR count). The Bertz CT molecular complexity index is 614. The van der Waals surface area contributed by atoms with Gasteiger partial charge in [0.05, 0.1) is 4.92 Å². The lowest BCUT2D eigenvalue weighted by molar-refractivity contribution is -0.386. The highest BCUT2D eigenvalue weighted by Crippen LogP contribution is 2.40. The minimum absolute atomic E-state index is 0. The third-order valence-corrected chi connectivity index (χ3v) is 3.97. The second kappa shape index (κ2) is 10.0. The Hall–Kier alpha value is -1.49. The normalized spacial score (nSPS) is 16.3. The van der Waals surface area contributed by atoms with Crippen molar-refractivity contribution in [3.8, 4) is 11.5 Å². The van der Waals surface area contributed by atoms with E-state index >= 15 is 0 Å². The van der Waals surface area contributed by atoms with Crippen molar-refractivity contribution in [3.63, 3.8) is 0 Å². The molecule has 26 heavy (non-hydrogen) atoms. The standard InChI is InChI=1S/C14H18F3N3O4.2ClH/c15-14(16,17)2-1-10(19-5-3-18-4-6-19)9-7-11(20(23)24)13(22)12(21)8-9;;/h7-8,10,18,21-22H,1-6H2;2*1H/t10-;;/m1../s1. The molecule has 0 saturated carbocycles. The first-order chi connectivity index (χ1) is 11.2. The quantitative estimate of drug-likeness (QED) is 0.383. The predicted molar refractivity (Wildman–Crippen MR) is 93.4 cm³/mol. The maximum Gasteiger partial charge on any atom is 0.389 e. The average Bonchev–Trinajstić information content (AvgIpc) is 2.50. The molecule has 0 amide bonds. The summed E-state index contributed by atoms with van der Waals surface area (Å²) in [5.74, 6) is -1.61. The third-order valence-electron chi connectivity index (χ3n) is 3.97. The van der Waals surface area contributed by atoms with Crippen molar-refractivity contribution in [2.24, 2.45) is 0 Å². The number of nitrogens with one attached hydrogen (secondary N) is 1. The Labute approximate surface area is 160 Å². The molecule has 1 aromatic carbocycles. The van der Waals surface area contributed by atoms with E-state index in [1.54, 1.807) is 4.90 Å². The van der Waals surface area contributed by atoms with Crippen LogP contribution in [0.3, 0.4) is 0 Å². The van der Waals surface area contributed by atoms with Gasteiger partial charge in [0.1, 0.15) is 0 Å². The van der Waals surface area contributed by atoms with Gasteiger partial charge in [0, 0.05) is 44.7 Å². The van der Waals surface area contributed by atoms with Gasteiger partial charge in [0.25, 0.3) is 0 Å². The molecule has 0 unspecified atom stereocenters. The van der Waals surface area contributed by atoms with Crippen LogP contribution in [0.1, 0.15) is 24.4 Å². The number of benzene rings is 1. The number of phenols is 2. The molecule has 1 aliphatic rings. The van der Waals surface area contributed by atoms with E-state index in [1.165, 1.54) is 0 Å². The lowest BCUT2D eigenvalue weighted by atomic mass is 9.98. The molecule has 0 radical (unpaired) electrons. The van der Waals surface area contributed by atoms with Crippen LogP contribution in [-0.2, 0) is 0 Å². The summed E-state index contributed by atoms with van der Waals surface area (Å²) < 4.78 is 37.9. The van der Waals surface area contributed by atoms with Crippen molar-refractivity contribution in [1.29, 1.82) is 0 Å². The summed E-state index contributed by atoms with van der Waals surface area (Å²) in [5.41, 5.74) is -0.541. The summed E-state index contributed by atoms with van der Waals surface area (Å²) in [6.07, 6.45) is -5.68. The second-order valence-corrected chi connectivity index (χ2v) is 5.62. The number of aromatic hydroxyl groups is 2. The van der Waals surface area contributed by atoms with Crippen LogP contribution in [0.15, 0.2) is 12.1 Å². The molecule has 0 aliphatic carbocycles. The van der Waals surface area contributed by atoms with Gasteiger partial charge in [-0.2, -0.15) is 13.2 Å². The van der Waals surface area contributed by atoms with Gasteiger partial charge in [0.2, 0.25) is 5.75 Å². The molecule has 12 heteroatoms. The lowest BCUT2D eigenvalue weighted by Crippen LogP contribution is -2.45. The van der Waals surface area contributed by atoms with Crippen LogP contribution in [0.2, 0.25) is 0 Å². The SMILES string of the molecule is Cl.Cl.O=[N+]([O-])c1cc([C@@H](CCC(F)(F)F)N2CCNCC2)cc(O)c1O. The summed E-state index contributed by atoms with van der Waals surface area (Å²) in [5, 5.41) is 33.3.